The maximum Gasteiger partial charge on any atom is 0.317 e. The number of methoxy groups -OCH3 is 1. The molecule has 3 N–H and O–H groups in total. The minimum Gasteiger partial charge on any atom is -0.497 e. The van der Waals surface area contributed by atoms with Gasteiger partial charge in [-0.15, -0.1) is 0 Å². The summed E-state index contributed by atoms with van der Waals surface area (Å²) in [7, 11) is 3.53. The van der Waals surface area contributed by atoms with Gasteiger partial charge in [0, 0.05) is 50.5 Å². The van der Waals surface area contributed by atoms with E-state index in [4.69, 9.17) is 4.74 Å². The Morgan fingerprint density at radius 1 is 1.18 bits per heavy atom. The van der Waals surface area contributed by atoms with Gasteiger partial charge < -0.3 is 19.9 Å². The van der Waals surface area contributed by atoms with Crippen molar-refractivity contribution in [2.75, 3.05) is 38.7 Å². The molecule has 0 aliphatic carbocycles. The monoisotopic (exact) mass is 469 g/mol. The lowest BCUT2D eigenvalue weighted by Gasteiger charge is -2.34. The number of nitrogens with one attached hydrogen (secondary N) is 3. The number of anilines is 1. The number of piperidine rings is 1. The van der Waals surface area contributed by atoms with Crippen LogP contribution in [0.15, 0.2) is 48.5 Å². The molecule has 2 atom stereocenters. The zero-order chi connectivity index (χ0) is 23.9. The van der Waals surface area contributed by atoms with Crippen LogP contribution in [0.5, 0.6) is 5.75 Å². The largest absolute Gasteiger partial charge is 0.497 e. The third kappa shape index (κ3) is 6.39. The summed E-state index contributed by atoms with van der Waals surface area (Å²) in [5, 5.41) is 3.20. The molecular formula is C26H36FN5O2. The molecule has 0 spiro atoms. The molecule has 184 valence electrons. The maximum atomic E-state index is 13.5. The highest BCUT2D eigenvalue weighted by atomic mass is 19.1. The second-order valence-corrected chi connectivity index (χ2v) is 9.30. The summed E-state index contributed by atoms with van der Waals surface area (Å²) >= 11 is 0. The number of benzene rings is 2. The highest BCUT2D eigenvalue weighted by Gasteiger charge is 2.26. The number of urea groups is 1. The Morgan fingerprint density at radius 2 is 1.94 bits per heavy atom. The average molecular weight is 470 g/mol. The minimum atomic E-state index is -0.207. The quantitative estimate of drug-likeness (QED) is 0.548. The van der Waals surface area contributed by atoms with E-state index in [1.807, 2.05) is 25.2 Å². The highest BCUT2D eigenvalue weighted by Crippen LogP contribution is 2.25. The van der Waals surface area contributed by atoms with Gasteiger partial charge in [0.25, 0.3) is 0 Å². The van der Waals surface area contributed by atoms with Crippen LogP contribution in [0.4, 0.5) is 14.9 Å². The van der Waals surface area contributed by atoms with Crippen molar-refractivity contribution in [2.24, 2.45) is 0 Å². The molecule has 8 heteroatoms. The molecule has 0 aromatic heterocycles. The Bertz CT molecular complexity index is 933. The van der Waals surface area contributed by atoms with Crippen molar-refractivity contribution < 1.29 is 13.9 Å². The molecular weight excluding hydrogens is 433 g/mol. The van der Waals surface area contributed by atoms with Crippen LogP contribution in [0.2, 0.25) is 0 Å². The van der Waals surface area contributed by atoms with E-state index < -0.39 is 0 Å². The summed E-state index contributed by atoms with van der Waals surface area (Å²) in [6.07, 6.45) is 4.65. The Hall–Kier alpha value is -2.84. The normalized spacial score (nSPS) is 20.9. The smallest absolute Gasteiger partial charge is 0.317 e. The van der Waals surface area contributed by atoms with Gasteiger partial charge in [0.15, 0.2) is 0 Å². The second-order valence-electron chi connectivity index (χ2n) is 9.30. The lowest BCUT2D eigenvalue weighted by Crippen LogP contribution is -2.48. The molecule has 2 aliphatic rings. The number of carbonyl (C=O) groups excluding carboxylic acids is 1. The molecule has 34 heavy (non-hydrogen) atoms. The number of hydrogen-bond donors (Lipinski definition) is 3. The minimum absolute atomic E-state index is 0.00181. The van der Waals surface area contributed by atoms with Crippen LogP contribution in [-0.2, 0) is 0 Å². The molecule has 2 aromatic rings. The Morgan fingerprint density at radius 3 is 2.65 bits per heavy atom. The summed E-state index contributed by atoms with van der Waals surface area (Å²) in [6.45, 7) is 2.56. The molecule has 0 radical (unpaired) electrons. The third-order valence-corrected chi connectivity index (χ3v) is 6.89. The van der Waals surface area contributed by atoms with Crippen molar-refractivity contribution in [2.45, 2.75) is 50.2 Å². The number of amides is 2. The van der Waals surface area contributed by atoms with Crippen molar-refractivity contribution in [1.29, 1.82) is 0 Å². The molecule has 7 nitrogen and oxygen atoms in total. The number of halogens is 1. The van der Waals surface area contributed by atoms with Crippen molar-refractivity contribution in [3.05, 3.63) is 59.9 Å². The van der Waals surface area contributed by atoms with Gasteiger partial charge in [-0.3, -0.25) is 10.9 Å². The first-order valence-corrected chi connectivity index (χ1v) is 12.2. The molecule has 0 saturated carbocycles. The third-order valence-electron chi connectivity index (χ3n) is 6.89. The van der Waals surface area contributed by atoms with Gasteiger partial charge in [0.05, 0.1) is 7.11 Å². The van der Waals surface area contributed by atoms with Gasteiger partial charge in [0.2, 0.25) is 0 Å². The van der Waals surface area contributed by atoms with E-state index in [2.05, 4.69) is 33.2 Å². The second kappa shape index (κ2) is 11.5. The molecule has 2 heterocycles. The van der Waals surface area contributed by atoms with Crippen LogP contribution >= 0.6 is 0 Å². The lowest BCUT2D eigenvalue weighted by atomic mass is 9.99. The van der Waals surface area contributed by atoms with Crippen LogP contribution in [0.3, 0.4) is 0 Å². The van der Waals surface area contributed by atoms with Gasteiger partial charge in [-0.05, 0) is 74.1 Å². The number of hydrogen-bond acceptors (Lipinski definition) is 5. The fourth-order valence-electron chi connectivity index (χ4n) is 4.79. The van der Waals surface area contributed by atoms with Gasteiger partial charge in [0.1, 0.15) is 11.6 Å². The molecule has 2 aliphatic heterocycles. The van der Waals surface area contributed by atoms with Crippen LogP contribution in [0, 0.1) is 5.82 Å². The van der Waals surface area contributed by atoms with E-state index in [0.29, 0.717) is 12.6 Å². The highest BCUT2D eigenvalue weighted by molar-refractivity contribution is 5.74. The van der Waals surface area contributed by atoms with Crippen molar-refractivity contribution in [1.82, 2.24) is 21.1 Å². The summed E-state index contributed by atoms with van der Waals surface area (Å²) in [6, 6.07) is 15.5. The fraction of sp³-hybridized carbons (Fsp3) is 0.500. The number of hydrazine groups is 1. The molecule has 2 aromatic carbocycles. The molecule has 4 rings (SSSR count). The number of ether oxygens (including phenoxy) is 1. The first kappa shape index (κ1) is 24.3. The first-order chi connectivity index (χ1) is 16.5. The standard InChI is InChI=1S/C26H36FN5O2/c1-31(14-4-7-22-18-25(30-29-22)19-5-3-6-20(27)17-19)26(33)28-21-12-15-32(16-13-21)23-8-10-24(34-2)11-9-23/h3,5-6,8-11,17,21-22,25,29-30H,4,7,12-16,18H2,1-2H3,(H,28,33). The Balaban J connectivity index is 1.13. The molecule has 2 fully saturated rings. The predicted octanol–water partition coefficient (Wildman–Crippen LogP) is 3.83. The van der Waals surface area contributed by atoms with Gasteiger partial charge in [-0.1, -0.05) is 12.1 Å². The Kier molecular flexibility index (Phi) is 8.24. The summed E-state index contributed by atoms with van der Waals surface area (Å²) < 4.78 is 18.7. The predicted molar refractivity (Wildman–Crippen MR) is 132 cm³/mol. The van der Waals surface area contributed by atoms with E-state index in [1.54, 1.807) is 24.1 Å². The lowest BCUT2D eigenvalue weighted by molar-refractivity contribution is 0.200. The van der Waals surface area contributed by atoms with E-state index in [-0.39, 0.29) is 23.9 Å². The topological polar surface area (TPSA) is 68.9 Å². The molecule has 2 saturated heterocycles. The zero-order valence-electron chi connectivity index (χ0n) is 20.1. The van der Waals surface area contributed by atoms with Crippen LogP contribution in [0.1, 0.15) is 43.7 Å². The van der Waals surface area contributed by atoms with Crippen LogP contribution in [0.25, 0.3) is 0 Å². The van der Waals surface area contributed by atoms with Gasteiger partial charge in [-0.25, -0.2) is 9.18 Å². The SMILES string of the molecule is COc1ccc(N2CCC(NC(=O)N(C)CCCC3CC(c4cccc(F)c4)NN3)CC2)cc1. The zero-order valence-corrected chi connectivity index (χ0v) is 20.1. The van der Waals surface area contributed by atoms with Crippen molar-refractivity contribution in [3.8, 4) is 5.75 Å². The van der Waals surface area contributed by atoms with E-state index in [1.165, 1.54) is 11.8 Å². The summed E-state index contributed by atoms with van der Waals surface area (Å²) in [5.74, 6) is 0.655. The summed E-state index contributed by atoms with van der Waals surface area (Å²) in [4.78, 5) is 16.8. The maximum absolute atomic E-state index is 13.5. The molecule has 2 amide bonds. The van der Waals surface area contributed by atoms with E-state index >= 15 is 0 Å². The number of rotatable bonds is 8. The van der Waals surface area contributed by atoms with E-state index in [9.17, 15) is 9.18 Å². The van der Waals surface area contributed by atoms with Crippen LogP contribution < -0.4 is 25.8 Å². The van der Waals surface area contributed by atoms with Gasteiger partial charge >= 0.3 is 6.03 Å². The number of nitrogens with zero attached hydrogens (tertiary/aromatic N) is 2. The average Bonchev–Trinajstić information content (AvgIpc) is 3.33. The first-order valence-electron chi connectivity index (χ1n) is 12.2. The Labute approximate surface area is 201 Å². The van der Waals surface area contributed by atoms with Gasteiger partial charge in [-0.2, -0.15) is 0 Å². The fourth-order valence-corrected chi connectivity index (χ4v) is 4.79. The number of carbonyl (C=O) groups is 1. The summed E-state index contributed by atoms with van der Waals surface area (Å²) in [5.41, 5.74) is 8.74. The molecule has 0 bridgehead atoms. The van der Waals surface area contributed by atoms with E-state index in [0.717, 1.165) is 56.5 Å². The van der Waals surface area contributed by atoms with Crippen molar-refractivity contribution >= 4 is 11.7 Å². The van der Waals surface area contributed by atoms with Crippen LogP contribution in [-0.4, -0.2) is 56.8 Å². The molecule has 2 unspecified atom stereocenters. The van der Waals surface area contributed by atoms with Crippen molar-refractivity contribution in [3.63, 3.8) is 0 Å².